The van der Waals surface area contributed by atoms with E-state index in [-0.39, 0.29) is 19.4 Å². The van der Waals surface area contributed by atoms with E-state index in [0.29, 0.717) is 19.3 Å². The first kappa shape index (κ1) is 77.3. The van der Waals surface area contributed by atoms with Crippen molar-refractivity contribution in [2.75, 3.05) is 13.2 Å². The molecule has 1 aliphatic heterocycles. The maximum absolute atomic E-state index is 13.5. The smallest absolute Gasteiger partial charge is 0.306 e. The second kappa shape index (κ2) is 58.7. The van der Waals surface area contributed by atoms with Crippen LogP contribution in [0.1, 0.15) is 226 Å². The number of nitrogens with one attached hydrogen (secondary N) is 1. The number of rotatable bonds is 53. The highest BCUT2D eigenvalue weighted by atomic mass is 16.7. The van der Waals surface area contributed by atoms with Crippen LogP contribution in [-0.2, 0) is 23.8 Å². The predicted molar refractivity (Wildman–Crippen MR) is 351 cm³/mol. The van der Waals surface area contributed by atoms with Gasteiger partial charge in [-0.2, -0.15) is 0 Å². The first-order valence-corrected chi connectivity index (χ1v) is 32.8. The van der Waals surface area contributed by atoms with Gasteiger partial charge in [-0.3, -0.25) is 9.59 Å². The number of carbonyl (C=O) groups excluding carboxylic acids is 2. The van der Waals surface area contributed by atoms with Gasteiger partial charge < -0.3 is 45.1 Å². The van der Waals surface area contributed by atoms with Gasteiger partial charge in [-0.05, 0) is 116 Å². The lowest BCUT2D eigenvalue weighted by atomic mass is 9.99. The normalized spacial score (nSPS) is 19.5. The summed E-state index contributed by atoms with van der Waals surface area (Å²) >= 11 is 0. The molecular formula is C73H117NO10. The van der Waals surface area contributed by atoms with Crippen molar-refractivity contribution >= 4 is 11.9 Å². The Kier molecular flexibility index (Phi) is 54.0. The van der Waals surface area contributed by atoms with Crippen LogP contribution in [0.25, 0.3) is 0 Å². The Morgan fingerprint density at radius 1 is 0.476 bits per heavy atom. The van der Waals surface area contributed by atoms with E-state index < -0.39 is 67.4 Å². The van der Waals surface area contributed by atoms with Crippen LogP contribution in [0, 0.1) is 0 Å². The zero-order valence-corrected chi connectivity index (χ0v) is 52.4. The number of hydrogen-bond donors (Lipinski definition) is 6. The number of aliphatic hydroxyl groups excluding tert-OH is 5. The molecule has 1 amide bonds. The molecule has 0 aliphatic carbocycles. The lowest BCUT2D eigenvalue weighted by molar-refractivity contribution is -0.305. The van der Waals surface area contributed by atoms with Crippen LogP contribution in [0.2, 0.25) is 0 Å². The van der Waals surface area contributed by atoms with Crippen molar-refractivity contribution in [3.05, 3.63) is 158 Å². The van der Waals surface area contributed by atoms with Gasteiger partial charge in [0.2, 0.25) is 5.91 Å². The van der Waals surface area contributed by atoms with Gasteiger partial charge in [0.15, 0.2) is 12.4 Å². The highest BCUT2D eigenvalue weighted by Crippen LogP contribution is 2.26. The summed E-state index contributed by atoms with van der Waals surface area (Å²) in [4.78, 5) is 26.6. The van der Waals surface area contributed by atoms with Crippen LogP contribution in [0.15, 0.2) is 158 Å². The van der Waals surface area contributed by atoms with Gasteiger partial charge in [0, 0.05) is 6.42 Å². The van der Waals surface area contributed by atoms with Crippen molar-refractivity contribution in [1.82, 2.24) is 5.32 Å². The summed E-state index contributed by atoms with van der Waals surface area (Å²) in [7, 11) is 0. The molecule has 8 atom stereocenters. The molecule has 8 unspecified atom stereocenters. The topological polar surface area (TPSA) is 175 Å². The number of unbranched alkanes of at least 4 members (excludes halogenated alkanes) is 15. The zero-order chi connectivity index (χ0) is 61.0. The minimum atomic E-state index is -1.66. The number of hydrogen-bond acceptors (Lipinski definition) is 10. The Morgan fingerprint density at radius 3 is 1.29 bits per heavy atom. The number of aliphatic hydroxyl groups is 5. The van der Waals surface area contributed by atoms with Crippen molar-refractivity contribution in [3.63, 3.8) is 0 Å². The second-order valence-electron chi connectivity index (χ2n) is 21.7. The van der Waals surface area contributed by atoms with E-state index in [1.165, 1.54) is 44.9 Å². The Hall–Kier alpha value is -4.72. The van der Waals surface area contributed by atoms with E-state index in [1.54, 1.807) is 6.08 Å². The van der Waals surface area contributed by atoms with Gasteiger partial charge in [-0.25, -0.2) is 0 Å². The van der Waals surface area contributed by atoms with Gasteiger partial charge in [-0.15, -0.1) is 0 Å². The molecule has 0 radical (unpaired) electrons. The largest absolute Gasteiger partial charge is 0.454 e. The van der Waals surface area contributed by atoms with Gasteiger partial charge >= 0.3 is 5.97 Å². The van der Waals surface area contributed by atoms with E-state index in [0.717, 1.165) is 128 Å². The van der Waals surface area contributed by atoms with E-state index in [9.17, 15) is 35.1 Å². The molecule has 0 spiro atoms. The molecule has 0 aromatic rings. The van der Waals surface area contributed by atoms with Crippen molar-refractivity contribution in [2.24, 2.45) is 0 Å². The first-order chi connectivity index (χ1) is 41.2. The van der Waals surface area contributed by atoms with E-state index in [4.69, 9.17) is 14.2 Å². The molecule has 1 fully saturated rings. The number of allylic oxidation sites excluding steroid dienone is 25. The van der Waals surface area contributed by atoms with Crippen LogP contribution < -0.4 is 5.32 Å². The third-order valence-electron chi connectivity index (χ3n) is 14.2. The third-order valence-corrected chi connectivity index (χ3v) is 14.2. The van der Waals surface area contributed by atoms with E-state index >= 15 is 0 Å². The molecular weight excluding hydrogens is 1050 g/mol. The van der Waals surface area contributed by atoms with Crippen LogP contribution in [0.4, 0.5) is 0 Å². The molecule has 1 rings (SSSR count). The Labute approximate surface area is 510 Å². The summed E-state index contributed by atoms with van der Waals surface area (Å²) in [6.45, 7) is 5.50. The summed E-state index contributed by atoms with van der Waals surface area (Å²) in [5.74, 6) is -1.31. The highest BCUT2D eigenvalue weighted by molar-refractivity contribution is 5.80. The first-order valence-electron chi connectivity index (χ1n) is 32.8. The fourth-order valence-electron chi connectivity index (χ4n) is 9.09. The van der Waals surface area contributed by atoms with Gasteiger partial charge in [-0.1, -0.05) is 262 Å². The highest BCUT2D eigenvalue weighted by Gasteiger charge is 2.47. The average molecular weight is 1170 g/mol. The lowest BCUT2D eigenvalue weighted by Gasteiger charge is -2.41. The Balaban J connectivity index is 2.70. The van der Waals surface area contributed by atoms with Gasteiger partial charge in [0.05, 0.1) is 25.4 Å². The number of carbonyl (C=O) groups is 2. The molecule has 1 aliphatic rings. The molecule has 84 heavy (non-hydrogen) atoms. The van der Waals surface area contributed by atoms with Crippen molar-refractivity contribution in [1.29, 1.82) is 0 Å². The molecule has 1 saturated heterocycles. The molecule has 11 nitrogen and oxygen atoms in total. The van der Waals surface area contributed by atoms with Crippen molar-refractivity contribution in [2.45, 2.75) is 275 Å². The fraction of sp³-hybridized carbons (Fsp3) is 0.616. The summed E-state index contributed by atoms with van der Waals surface area (Å²) < 4.78 is 17.5. The van der Waals surface area contributed by atoms with Gasteiger partial charge in [0.1, 0.15) is 24.4 Å². The lowest BCUT2D eigenvalue weighted by Crippen LogP contribution is -2.61. The summed E-state index contributed by atoms with van der Waals surface area (Å²) in [5, 5.41) is 57.1. The molecule has 0 aromatic heterocycles. The minimum Gasteiger partial charge on any atom is -0.454 e. The SMILES string of the molecule is CC/C=C\C/C=C\C/C=C\C/C=C\C/C=C\C/C=C\CCCCCCCC(O)C(=O)NC(COC1OC(CO)C(O)C(O)C1OC(=O)CC/C=C\C/C=C\C/C=C\C/C=C\C/C=C\C/C=C\CC)C(O)/C=C/CCCCCCCCCCCC. The van der Waals surface area contributed by atoms with Gasteiger partial charge in [0.25, 0.3) is 0 Å². The number of amides is 1. The van der Waals surface area contributed by atoms with E-state index in [1.807, 2.05) is 18.2 Å². The standard InChI is InChI=1S/C73H117NO10/c1-4-7-10-13-16-19-22-25-27-29-31-32-33-34-35-37-38-40-42-45-48-51-54-57-60-66(77)72(81)74-64(65(76)59-56-53-50-47-44-24-21-18-15-12-9-6-3)63-82-73-71(70(80)69(79)67(62-75)83-73)84-68(78)61-58-55-52-49-46-43-41-39-36-30-28-26-23-20-17-14-11-8-5-2/h7-8,10-11,16-17,19-20,25-28,31-32,34-36,38-40,43,46,52,55-56,59,64-67,69-71,73,75-77,79-80H,4-6,9,12-15,18,21-24,29-30,33,37,41-42,44-45,47-51,53-54,57-58,60-63H2,1-3H3,(H,74,81)/b10-7-,11-8-,19-16-,20-17-,27-25-,28-26-,32-31-,35-34-,39-36-,40-38-,46-43-,55-52-,59-56+. The van der Waals surface area contributed by atoms with E-state index in [2.05, 4.69) is 160 Å². The molecule has 6 N–H and O–H groups in total. The zero-order valence-electron chi connectivity index (χ0n) is 52.4. The fourth-order valence-corrected chi connectivity index (χ4v) is 9.09. The Morgan fingerprint density at radius 2 is 0.857 bits per heavy atom. The second-order valence-corrected chi connectivity index (χ2v) is 21.7. The predicted octanol–water partition coefficient (Wildman–Crippen LogP) is 16.3. The number of ether oxygens (including phenoxy) is 3. The Bertz CT molecular complexity index is 1970. The molecule has 0 saturated carbocycles. The summed E-state index contributed by atoms with van der Waals surface area (Å²) in [6.07, 6.45) is 75.7. The molecule has 11 heteroatoms. The monoisotopic (exact) mass is 1170 g/mol. The molecule has 474 valence electrons. The van der Waals surface area contributed by atoms with Crippen LogP contribution >= 0.6 is 0 Å². The number of esters is 1. The summed E-state index contributed by atoms with van der Waals surface area (Å²) in [6, 6.07) is -1.06. The summed E-state index contributed by atoms with van der Waals surface area (Å²) in [5.41, 5.74) is 0. The van der Waals surface area contributed by atoms with Crippen LogP contribution in [0.3, 0.4) is 0 Å². The van der Waals surface area contributed by atoms with Crippen molar-refractivity contribution < 1.29 is 49.3 Å². The quantitative estimate of drug-likeness (QED) is 0.0195. The third kappa shape index (κ3) is 45.6. The minimum absolute atomic E-state index is 0.0128. The maximum atomic E-state index is 13.5. The average Bonchev–Trinajstić information content (AvgIpc) is 3.54. The maximum Gasteiger partial charge on any atom is 0.306 e. The molecule has 0 aromatic carbocycles. The van der Waals surface area contributed by atoms with Crippen LogP contribution in [0.5, 0.6) is 0 Å². The van der Waals surface area contributed by atoms with Crippen molar-refractivity contribution in [3.8, 4) is 0 Å². The molecule has 0 bridgehead atoms. The van der Waals surface area contributed by atoms with Crippen LogP contribution in [-0.4, -0.2) is 99.6 Å². The molecule has 1 heterocycles.